The molecule has 4 nitrogen and oxygen atoms in total. The van der Waals surface area contributed by atoms with E-state index in [-0.39, 0.29) is 17.8 Å². The summed E-state index contributed by atoms with van der Waals surface area (Å²) in [5.74, 6) is 1.84. The van der Waals surface area contributed by atoms with Crippen LogP contribution in [0.15, 0.2) is 72.8 Å². The third kappa shape index (κ3) is 4.35. The van der Waals surface area contributed by atoms with E-state index in [4.69, 9.17) is 9.47 Å². The summed E-state index contributed by atoms with van der Waals surface area (Å²) < 4.78 is 12.2. The summed E-state index contributed by atoms with van der Waals surface area (Å²) >= 11 is 0. The van der Waals surface area contributed by atoms with Crippen LogP contribution in [0.1, 0.15) is 42.0 Å². The molecule has 5 rings (SSSR count). The van der Waals surface area contributed by atoms with Crippen LogP contribution in [0.25, 0.3) is 0 Å². The topological polar surface area (TPSA) is 38.8 Å². The number of nitrogens with zero attached hydrogens (tertiary/aromatic N) is 1. The van der Waals surface area contributed by atoms with Gasteiger partial charge in [-0.15, -0.1) is 0 Å². The van der Waals surface area contributed by atoms with Crippen LogP contribution >= 0.6 is 0 Å². The highest BCUT2D eigenvalue weighted by atomic mass is 16.5. The first kappa shape index (κ1) is 22.7. The third-order valence-corrected chi connectivity index (χ3v) is 7.71. The maximum atomic E-state index is 12.9. The van der Waals surface area contributed by atoms with Gasteiger partial charge in [-0.2, -0.15) is 0 Å². The monoisotopic (exact) mass is 455 g/mol. The number of ether oxygens (including phenoxy) is 2. The Morgan fingerprint density at radius 3 is 2.29 bits per heavy atom. The van der Waals surface area contributed by atoms with Crippen molar-refractivity contribution < 1.29 is 14.3 Å². The fraction of sp³-hybridized carbons (Fsp3) is 0.367. The van der Waals surface area contributed by atoms with Crippen LogP contribution in [-0.2, 0) is 24.2 Å². The molecule has 1 fully saturated rings. The zero-order valence-corrected chi connectivity index (χ0v) is 20.3. The molecule has 1 heterocycles. The molecule has 0 aromatic heterocycles. The van der Waals surface area contributed by atoms with Gasteiger partial charge >= 0.3 is 0 Å². The van der Waals surface area contributed by atoms with Crippen LogP contribution in [0.4, 0.5) is 0 Å². The molecule has 176 valence electrons. The van der Waals surface area contributed by atoms with Crippen molar-refractivity contribution in [1.82, 2.24) is 4.90 Å². The van der Waals surface area contributed by atoms with Crippen LogP contribution in [0.2, 0.25) is 0 Å². The Morgan fingerprint density at radius 2 is 1.65 bits per heavy atom. The zero-order valence-electron chi connectivity index (χ0n) is 20.3. The zero-order chi connectivity index (χ0) is 23.7. The smallest absolute Gasteiger partial charge is 0.161 e. The average Bonchev–Trinajstić information content (AvgIpc) is 3.40. The summed E-state index contributed by atoms with van der Waals surface area (Å²) in [5, 5.41) is 0. The summed E-state index contributed by atoms with van der Waals surface area (Å²) in [6.07, 6.45) is 1.91. The summed E-state index contributed by atoms with van der Waals surface area (Å²) in [5.41, 5.74) is 4.69. The second kappa shape index (κ2) is 9.27. The van der Waals surface area contributed by atoms with Gasteiger partial charge in [-0.25, -0.2) is 0 Å². The van der Waals surface area contributed by atoms with E-state index in [2.05, 4.69) is 72.5 Å². The second-order valence-electron chi connectivity index (χ2n) is 10.0. The van der Waals surface area contributed by atoms with Gasteiger partial charge in [-0.1, -0.05) is 67.6 Å². The largest absolute Gasteiger partial charge is 0.493 e. The van der Waals surface area contributed by atoms with Crippen molar-refractivity contribution in [2.24, 2.45) is 5.41 Å². The number of carbonyl (C=O) groups is 1. The van der Waals surface area contributed by atoms with E-state index < -0.39 is 5.41 Å². The molecule has 0 saturated carbocycles. The molecule has 0 bridgehead atoms. The molecule has 1 aliphatic carbocycles. The number of fused-ring (bicyclic) bond motifs is 1. The maximum absolute atomic E-state index is 12.9. The van der Waals surface area contributed by atoms with Gasteiger partial charge in [0.25, 0.3) is 0 Å². The maximum Gasteiger partial charge on any atom is 0.161 e. The molecule has 3 aromatic carbocycles. The number of hydrogen-bond acceptors (Lipinski definition) is 4. The predicted molar refractivity (Wildman–Crippen MR) is 135 cm³/mol. The molecule has 0 spiro atoms. The second-order valence-corrected chi connectivity index (χ2v) is 10.0. The number of methoxy groups -OCH3 is 1. The SMILES string of the molecule is COc1ccc(C2CN(Cc3ccccc3)CC2(C)C(C)=O)cc1OC1Cc2ccccc2C1. The van der Waals surface area contributed by atoms with Crippen molar-refractivity contribution in [3.8, 4) is 11.5 Å². The van der Waals surface area contributed by atoms with Crippen molar-refractivity contribution >= 4 is 5.78 Å². The molecule has 2 atom stereocenters. The van der Waals surface area contributed by atoms with Gasteiger partial charge in [-0.3, -0.25) is 9.69 Å². The number of Topliss-reactive ketones (excluding diaryl/α,β-unsaturated/α-hetero) is 1. The Labute approximate surface area is 202 Å². The number of ketones is 1. The molecule has 0 amide bonds. The lowest BCUT2D eigenvalue weighted by molar-refractivity contribution is -0.125. The lowest BCUT2D eigenvalue weighted by Crippen LogP contribution is -2.33. The summed E-state index contributed by atoms with van der Waals surface area (Å²) in [7, 11) is 1.68. The highest BCUT2D eigenvalue weighted by Crippen LogP contribution is 2.46. The van der Waals surface area contributed by atoms with Crippen molar-refractivity contribution in [2.75, 3.05) is 20.2 Å². The number of carbonyl (C=O) groups excluding carboxylic acids is 1. The molecule has 2 aliphatic rings. The van der Waals surface area contributed by atoms with Gasteiger partial charge in [0, 0.05) is 43.8 Å². The molecule has 2 unspecified atom stereocenters. The highest BCUT2D eigenvalue weighted by molar-refractivity contribution is 5.84. The highest BCUT2D eigenvalue weighted by Gasteiger charge is 2.47. The minimum absolute atomic E-state index is 0.0962. The van der Waals surface area contributed by atoms with Gasteiger partial charge in [0.15, 0.2) is 11.5 Å². The summed E-state index contributed by atoms with van der Waals surface area (Å²) in [4.78, 5) is 15.3. The van der Waals surface area contributed by atoms with E-state index in [1.807, 2.05) is 12.1 Å². The number of benzene rings is 3. The lowest BCUT2D eigenvalue weighted by Gasteiger charge is -2.29. The number of hydrogen-bond donors (Lipinski definition) is 0. The molecular weight excluding hydrogens is 422 g/mol. The van der Waals surface area contributed by atoms with Gasteiger partial charge in [0.1, 0.15) is 11.9 Å². The first-order valence-electron chi connectivity index (χ1n) is 12.1. The van der Waals surface area contributed by atoms with E-state index in [0.29, 0.717) is 0 Å². The number of likely N-dealkylation sites (tertiary alicyclic amines) is 1. The van der Waals surface area contributed by atoms with E-state index in [1.165, 1.54) is 16.7 Å². The average molecular weight is 456 g/mol. The first-order valence-corrected chi connectivity index (χ1v) is 12.1. The Bertz CT molecular complexity index is 1150. The van der Waals surface area contributed by atoms with Gasteiger partial charge < -0.3 is 9.47 Å². The summed E-state index contributed by atoms with van der Waals surface area (Å²) in [6, 6.07) is 25.2. The van der Waals surface area contributed by atoms with E-state index in [0.717, 1.165) is 49.5 Å². The van der Waals surface area contributed by atoms with Gasteiger partial charge in [0.05, 0.1) is 7.11 Å². The normalized spacial score (nSPS) is 22.5. The fourth-order valence-corrected chi connectivity index (χ4v) is 5.67. The molecule has 1 aliphatic heterocycles. The third-order valence-electron chi connectivity index (χ3n) is 7.71. The van der Waals surface area contributed by atoms with E-state index in [1.54, 1.807) is 14.0 Å². The quantitative estimate of drug-likeness (QED) is 0.476. The standard InChI is InChI=1S/C30H33NO3/c1-21(32)30(2)20-31(18-22-9-5-4-6-10-22)19-27(30)25-13-14-28(33-3)29(17-25)34-26-15-23-11-7-8-12-24(23)16-26/h4-14,17,26-27H,15-16,18-20H2,1-3H3. The minimum Gasteiger partial charge on any atom is -0.493 e. The van der Waals surface area contributed by atoms with Crippen LogP contribution in [0.3, 0.4) is 0 Å². The van der Waals surface area contributed by atoms with Gasteiger partial charge in [0.2, 0.25) is 0 Å². The Hall–Kier alpha value is -3.11. The number of rotatable bonds is 7. The van der Waals surface area contributed by atoms with Crippen molar-refractivity contribution in [3.05, 3.63) is 95.1 Å². The van der Waals surface area contributed by atoms with Crippen LogP contribution in [0.5, 0.6) is 11.5 Å². The minimum atomic E-state index is -0.440. The van der Waals surface area contributed by atoms with E-state index >= 15 is 0 Å². The van der Waals surface area contributed by atoms with Crippen molar-refractivity contribution in [1.29, 1.82) is 0 Å². The Kier molecular flexibility index (Phi) is 6.18. The predicted octanol–water partition coefficient (Wildman–Crippen LogP) is 5.44. The van der Waals surface area contributed by atoms with Crippen LogP contribution in [0, 0.1) is 5.41 Å². The molecular formula is C30H33NO3. The molecule has 0 radical (unpaired) electrons. The van der Waals surface area contributed by atoms with E-state index in [9.17, 15) is 4.79 Å². The van der Waals surface area contributed by atoms with Crippen LogP contribution in [-0.4, -0.2) is 37.0 Å². The Morgan fingerprint density at radius 1 is 0.971 bits per heavy atom. The molecule has 34 heavy (non-hydrogen) atoms. The molecule has 4 heteroatoms. The molecule has 0 N–H and O–H groups in total. The summed E-state index contributed by atoms with van der Waals surface area (Å²) in [6.45, 7) is 6.28. The first-order chi connectivity index (χ1) is 16.5. The van der Waals surface area contributed by atoms with Gasteiger partial charge in [-0.05, 0) is 41.3 Å². The molecule has 1 saturated heterocycles. The van der Waals surface area contributed by atoms with Crippen molar-refractivity contribution in [3.63, 3.8) is 0 Å². The lowest BCUT2D eigenvalue weighted by atomic mass is 9.73. The van der Waals surface area contributed by atoms with Crippen molar-refractivity contribution in [2.45, 2.75) is 45.3 Å². The van der Waals surface area contributed by atoms with Crippen LogP contribution < -0.4 is 9.47 Å². The molecule has 3 aromatic rings. The Balaban J connectivity index is 1.40. The fourth-order valence-electron chi connectivity index (χ4n) is 5.67.